The van der Waals surface area contributed by atoms with Gasteiger partial charge in [0.05, 0.1) is 4.90 Å². The molecule has 0 unspecified atom stereocenters. The summed E-state index contributed by atoms with van der Waals surface area (Å²) in [6.07, 6.45) is 3.93. The first-order chi connectivity index (χ1) is 15.8. The molecule has 0 aliphatic carbocycles. The molecule has 0 saturated heterocycles. The molecular formula is C26H25N3O3S. The molecule has 0 saturated carbocycles. The molecule has 4 rings (SSSR count). The second-order valence-electron chi connectivity index (χ2n) is 7.86. The number of imidazole rings is 1. The Morgan fingerprint density at radius 2 is 1.73 bits per heavy atom. The number of hydrogen-bond donors (Lipinski definition) is 1. The molecule has 0 fully saturated rings. The molecule has 3 aromatic carbocycles. The van der Waals surface area contributed by atoms with E-state index in [0.29, 0.717) is 16.3 Å². The van der Waals surface area contributed by atoms with E-state index in [1.165, 1.54) is 11.8 Å². The predicted molar refractivity (Wildman–Crippen MR) is 131 cm³/mol. The van der Waals surface area contributed by atoms with Crippen LogP contribution in [-0.4, -0.2) is 35.1 Å². The minimum atomic E-state index is -3.28. The van der Waals surface area contributed by atoms with E-state index in [2.05, 4.69) is 18.1 Å². The molecule has 1 aromatic heterocycles. The number of benzene rings is 3. The van der Waals surface area contributed by atoms with Gasteiger partial charge in [0.15, 0.2) is 9.84 Å². The maximum atomic E-state index is 11.9. The van der Waals surface area contributed by atoms with Crippen molar-refractivity contribution in [2.45, 2.75) is 25.2 Å². The van der Waals surface area contributed by atoms with Gasteiger partial charge in [0.1, 0.15) is 17.2 Å². The lowest BCUT2D eigenvalue weighted by Gasteiger charge is -2.12. The van der Waals surface area contributed by atoms with Gasteiger partial charge in [-0.05, 0) is 54.3 Å². The molecule has 1 N–H and O–H groups in total. The Bertz CT molecular complexity index is 1440. The fourth-order valence-corrected chi connectivity index (χ4v) is 4.43. The van der Waals surface area contributed by atoms with Gasteiger partial charge in [-0.1, -0.05) is 60.6 Å². The fraction of sp³-hybridized carbons (Fsp3) is 0.154. The van der Waals surface area contributed by atoms with Crippen molar-refractivity contribution >= 4 is 15.5 Å². The number of hydrogen-bond acceptors (Lipinski definition) is 5. The highest BCUT2D eigenvalue weighted by Gasteiger charge is 2.16. The lowest BCUT2D eigenvalue weighted by atomic mass is 10.0. The number of oxime groups is 1. The Morgan fingerprint density at radius 3 is 2.39 bits per heavy atom. The topological polar surface area (TPSA) is 84.6 Å². The molecule has 0 spiro atoms. The molecule has 0 atom stereocenters. The standard InChI is InChI=1S/C26H25N3O3S/c1-4-19-8-5-6-11-24(19)26-27-25(18(2)28-30)17-29(26)22-14-12-20(13-15-22)21-9-7-10-23(16-21)33(3,31)32/h5-17,30H,4H2,1-3H3/b28-18-. The molecule has 0 aliphatic rings. The third-order valence-corrected chi connectivity index (χ3v) is 6.72. The number of aromatic nitrogens is 2. The lowest BCUT2D eigenvalue weighted by molar-refractivity contribution is 0.319. The molecule has 1 heterocycles. The summed E-state index contributed by atoms with van der Waals surface area (Å²) in [6, 6.07) is 22.9. The molecule has 168 valence electrons. The van der Waals surface area contributed by atoms with Crippen LogP contribution < -0.4 is 0 Å². The summed E-state index contributed by atoms with van der Waals surface area (Å²) in [7, 11) is -3.28. The van der Waals surface area contributed by atoms with Crippen molar-refractivity contribution in [1.29, 1.82) is 0 Å². The summed E-state index contributed by atoms with van der Waals surface area (Å²) in [6.45, 7) is 3.81. The highest BCUT2D eigenvalue weighted by Crippen LogP contribution is 2.29. The van der Waals surface area contributed by atoms with Gasteiger partial charge in [-0.3, -0.25) is 4.57 Å². The Morgan fingerprint density at radius 1 is 1.00 bits per heavy atom. The van der Waals surface area contributed by atoms with Crippen molar-refractivity contribution in [2.75, 3.05) is 6.26 Å². The third kappa shape index (κ3) is 4.59. The van der Waals surface area contributed by atoms with Gasteiger partial charge in [0.25, 0.3) is 0 Å². The zero-order valence-corrected chi connectivity index (χ0v) is 19.5. The Hall–Kier alpha value is -3.71. The third-order valence-electron chi connectivity index (χ3n) is 5.61. The SMILES string of the molecule is CCc1ccccc1-c1nc(/C(C)=N\O)cn1-c1ccc(-c2cccc(S(C)(=O)=O)c2)cc1. The van der Waals surface area contributed by atoms with E-state index in [4.69, 9.17) is 4.98 Å². The fourth-order valence-electron chi connectivity index (χ4n) is 3.76. The van der Waals surface area contributed by atoms with E-state index in [-0.39, 0.29) is 0 Å². The summed E-state index contributed by atoms with van der Waals surface area (Å²) in [5.41, 5.74) is 5.83. The molecular weight excluding hydrogens is 434 g/mol. The van der Waals surface area contributed by atoms with Crippen LogP contribution in [0.4, 0.5) is 0 Å². The normalized spacial score (nSPS) is 12.2. The van der Waals surface area contributed by atoms with Gasteiger partial charge in [-0.2, -0.15) is 0 Å². The van der Waals surface area contributed by atoms with Gasteiger partial charge in [0, 0.05) is 23.7 Å². The largest absolute Gasteiger partial charge is 0.411 e. The van der Waals surface area contributed by atoms with Crippen molar-refractivity contribution in [1.82, 2.24) is 9.55 Å². The van der Waals surface area contributed by atoms with Crippen LogP contribution >= 0.6 is 0 Å². The average Bonchev–Trinajstić information content (AvgIpc) is 3.28. The van der Waals surface area contributed by atoms with Crippen molar-refractivity contribution in [3.05, 3.63) is 90.3 Å². The lowest BCUT2D eigenvalue weighted by Crippen LogP contribution is -1.99. The average molecular weight is 460 g/mol. The van der Waals surface area contributed by atoms with Crippen LogP contribution in [-0.2, 0) is 16.3 Å². The monoisotopic (exact) mass is 459 g/mol. The molecule has 4 aromatic rings. The van der Waals surface area contributed by atoms with Gasteiger partial charge in [-0.25, -0.2) is 13.4 Å². The summed E-state index contributed by atoms with van der Waals surface area (Å²) in [5.74, 6) is 0.761. The van der Waals surface area contributed by atoms with E-state index >= 15 is 0 Å². The van der Waals surface area contributed by atoms with Crippen LogP contribution in [0.5, 0.6) is 0 Å². The van der Waals surface area contributed by atoms with Crippen LogP contribution in [0, 0.1) is 0 Å². The van der Waals surface area contributed by atoms with Crippen molar-refractivity contribution in [3.63, 3.8) is 0 Å². The minimum absolute atomic E-state index is 0.292. The van der Waals surface area contributed by atoms with Crippen molar-refractivity contribution in [2.24, 2.45) is 5.16 Å². The number of nitrogens with zero attached hydrogens (tertiary/aromatic N) is 3. The molecule has 0 radical (unpaired) electrons. The highest BCUT2D eigenvalue weighted by atomic mass is 32.2. The van der Waals surface area contributed by atoms with Gasteiger partial charge in [-0.15, -0.1) is 0 Å². The summed E-state index contributed by atoms with van der Waals surface area (Å²) >= 11 is 0. The first-order valence-corrected chi connectivity index (χ1v) is 12.5. The van der Waals surface area contributed by atoms with Gasteiger partial charge >= 0.3 is 0 Å². The van der Waals surface area contributed by atoms with E-state index in [1.807, 2.05) is 59.3 Å². The second kappa shape index (κ2) is 9.03. The number of aryl methyl sites for hydroxylation is 1. The molecule has 33 heavy (non-hydrogen) atoms. The van der Waals surface area contributed by atoms with E-state index in [1.54, 1.807) is 25.1 Å². The molecule has 0 amide bonds. The summed E-state index contributed by atoms with van der Waals surface area (Å²) in [5, 5.41) is 12.6. The van der Waals surface area contributed by atoms with Crippen LogP contribution in [0.15, 0.2) is 89.0 Å². The predicted octanol–water partition coefficient (Wildman–Crippen LogP) is 5.37. The molecule has 0 aliphatic heterocycles. The Kier molecular flexibility index (Phi) is 6.16. The molecule has 6 nitrogen and oxygen atoms in total. The van der Waals surface area contributed by atoms with E-state index in [9.17, 15) is 13.6 Å². The van der Waals surface area contributed by atoms with Crippen LogP contribution in [0.1, 0.15) is 25.1 Å². The van der Waals surface area contributed by atoms with E-state index in [0.717, 1.165) is 34.6 Å². The van der Waals surface area contributed by atoms with Crippen molar-refractivity contribution < 1.29 is 13.6 Å². The molecule has 0 bridgehead atoms. The van der Waals surface area contributed by atoms with Crippen molar-refractivity contribution in [3.8, 4) is 28.2 Å². The van der Waals surface area contributed by atoms with Gasteiger partial charge in [0.2, 0.25) is 0 Å². The van der Waals surface area contributed by atoms with Crippen LogP contribution in [0.2, 0.25) is 0 Å². The van der Waals surface area contributed by atoms with Gasteiger partial charge < -0.3 is 5.21 Å². The maximum Gasteiger partial charge on any atom is 0.175 e. The summed E-state index contributed by atoms with van der Waals surface area (Å²) in [4.78, 5) is 5.05. The second-order valence-corrected chi connectivity index (χ2v) is 9.88. The van der Waals surface area contributed by atoms with Crippen LogP contribution in [0.3, 0.4) is 0 Å². The number of sulfone groups is 1. The summed E-state index contributed by atoms with van der Waals surface area (Å²) < 4.78 is 25.8. The Balaban J connectivity index is 1.81. The minimum Gasteiger partial charge on any atom is -0.411 e. The van der Waals surface area contributed by atoms with Crippen LogP contribution in [0.25, 0.3) is 28.2 Å². The number of rotatable bonds is 6. The smallest absolute Gasteiger partial charge is 0.175 e. The molecule has 7 heteroatoms. The first-order valence-electron chi connectivity index (χ1n) is 10.6. The zero-order valence-electron chi connectivity index (χ0n) is 18.7. The Labute approximate surface area is 193 Å². The van der Waals surface area contributed by atoms with E-state index < -0.39 is 9.84 Å². The first kappa shape index (κ1) is 22.5. The highest BCUT2D eigenvalue weighted by molar-refractivity contribution is 7.90. The zero-order chi connectivity index (χ0) is 23.6. The quantitative estimate of drug-likeness (QED) is 0.239. The maximum absolute atomic E-state index is 11.9.